The lowest BCUT2D eigenvalue weighted by Crippen LogP contribution is -2.10. The number of benzene rings is 1. The molecule has 0 fully saturated rings. The number of carbonyl (C=O) groups is 2. The molecule has 92 valence electrons. The number of carbonyl (C=O) groups excluding carboxylic acids is 2. The first-order valence-corrected chi connectivity index (χ1v) is 6.66. The van der Waals surface area contributed by atoms with Crippen LogP contribution in [0.2, 0.25) is 0 Å². The molecule has 0 amide bonds. The second-order valence-corrected chi connectivity index (χ2v) is 5.33. The highest BCUT2D eigenvalue weighted by atomic mass is 79.9. The summed E-state index contributed by atoms with van der Waals surface area (Å²) >= 11 is 9.69. The van der Waals surface area contributed by atoms with E-state index in [-0.39, 0.29) is 11.1 Å². The van der Waals surface area contributed by atoms with Gasteiger partial charge in [0.05, 0.1) is 25.3 Å². The number of halogens is 3. The van der Waals surface area contributed by atoms with Crippen LogP contribution in [0.4, 0.5) is 0 Å². The van der Waals surface area contributed by atoms with E-state index in [4.69, 9.17) is 0 Å². The average Bonchev–Trinajstić information content (AvgIpc) is 2.32. The third kappa shape index (κ3) is 2.89. The fraction of sp³-hybridized carbons (Fsp3) is 0.200. The largest absolute Gasteiger partial charge is 0.465 e. The first-order valence-electron chi connectivity index (χ1n) is 4.28. The van der Waals surface area contributed by atoms with E-state index >= 15 is 0 Å². The Kier molecular flexibility index (Phi) is 5.15. The van der Waals surface area contributed by atoms with Gasteiger partial charge in [-0.3, -0.25) is 0 Å². The Morgan fingerprint density at radius 1 is 1.00 bits per heavy atom. The van der Waals surface area contributed by atoms with E-state index < -0.39 is 11.9 Å². The summed E-state index contributed by atoms with van der Waals surface area (Å²) < 4.78 is 10.7. The molecular formula is C10H7Br3O4. The minimum absolute atomic E-state index is 0.224. The third-order valence-corrected chi connectivity index (χ3v) is 4.76. The zero-order chi connectivity index (χ0) is 13.2. The van der Waals surface area contributed by atoms with Crippen LogP contribution in [0.3, 0.4) is 0 Å². The SMILES string of the molecule is COC(=O)c1cc(Br)c(Br)c(C(=O)OC)c1Br. The fourth-order valence-corrected chi connectivity index (χ4v) is 2.95. The lowest BCUT2D eigenvalue weighted by Gasteiger charge is -2.11. The van der Waals surface area contributed by atoms with Gasteiger partial charge in [-0.1, -0.05) is 0 Å². The highest BCUT2D eigenvalue weighted by Gasteiger charge is 2.23. The molecule has 0 aliphatic rings. The van der Waals surface area contributed by atoms with Gasteiger partial charge in [0.1, 0.15) is 0 Å². The second kappa shape index (κ2) is 5.97. The molecule has 0 aliphatic heterocycles. The van der Waals surface area contributed by atoms with Crippen molar-refractivity contribution in [3.63, 3.8) is 0 Å². The van der Waals surface area contributed by atoms with E-state index in [2.05, 4.69) is 57.3 Å². The molecule has 1 aromatic carbocycles. The van der Waals surface area contributed by atoms with Crippen LogP contribution in [0.5, 0.6) is 0 Å². The van der Waals surface area contributed by atoms with Crippen molar-refractivity contribution in [2.24, 2.45) is 0 Å². The summed E-state index contributed by atoms with van der Waals surface area (Å²) in [5, 5.41) is 0. The Hall–Kier alpha value is -0.400. The lowest BCUT2D eigenvalue weighted by atomic mass is 10.1. The van der Waals surface area contributed by atoms with Gasteiger partial charge in [-0.25, -0.2) is 9.59 Å². The minimum Gasteiger partial charge on any atom is -0.465 e. The van der Waals surface area contributed by atoms with Gasteiger partial charge >= 0.3 is 11.9 Å². The summed E-state index contributed by atoms with van der Waals surface area (Å²) in [6, 6.07) is 1.55. The van der Waals surface area contributed by atoms with Crippen molar-refractivity contribution in [1.29, 1.82) is 0 Å². The summed E-state index contributed by atoms with van der Waals surface area (Å²) in [5.74, 6) is -1.11. The summed E-state index contributed by atoms with van der Waals surface area (Å²) in [7, 11) is 2.53. The Labute approximate surface area is 123 Å². The molecule has 1 rings (SSSR count). The van der Waals surface area contributed by atoms with Gasteiger partial charge in [0, 0.05) is 13.4 Å². The first-order chi connectivity index (χ1) is 7.93. The standard InChI is InChI=1S/C10H7Br3O4/c1-16-9(14)4-3-5(11)8(13)6(7(4)12)10(15)17-2/h3H,1-2H3. The van der Waals surface area contributed by atoms with Crippen molar-refractivity contribution >= 4 is 59.7 Å². The maximum absolute atomic E-state index is 11.6. The van der Waals surface area contributed by atoms with Crippen LogP contribution < -0.4 is 0 Å². The topological polar surface area (TPSA) is 52.6 Å². The zero-order valence-corrected chi connectivity index (χ0v) is 13.6. The molecular weight excluding hydrogens is 424 g/mol. The fourth-order valence-electron chi connectivity index (χ4n) is 1.14. The molecule has 0 aliphatic carbocycles. The summed E-state index contributed by atoms with van der Waals surface area (Å²) in [6.07, 6.45) is 0. The number of methoxy groups -OCH3 is 2. The monoisotopic (exact) mass is 428 g/mol. The predicted octanol–water partition coefficient (Wildman–Crippen LogP) is 3.55. The number of ether oxygens (including phenoxy) is 2. The van der Waals surface area contributed by atoms with Gasteiger partial charge in [-0.05, 0) is 53.9 Å². The quantitative estimate of drug-likeness (QED) is 0.532. The minimum atomic E-state index is -0.560. The molecule has 0 saturated carbocycles. The molecule has 0 bridgehead atoms. The number of esters is 2. The lowest BCUT2D eigenvalue weighted by molar-refractivity contribution is 0.0596. The summed E-state index contributed by atoms with van der Waals surface area (Å²) in [6.45, 7) is 0. The Balaban J connectivity index is 3.53. The second-order valence-electron chi connectivity index (χ2n) is 2.89. The molecule has 4 nitrogen and oxygen atoms in total. The van der Waals surface area contributed by atoms with Gasteiger partial charge < -0.3 is 9.47 Å². The molecule has 1 aromatic rings. The van der Waals surface area contributed by atoms with Crippen molar-refractivity contribution in [1.82, 2.24) is 0 Å². The van der Waals surface area contributed by atoms with Crippen molar-refractivity contribution in [2.75, 3.05) is 14.2 Å². The third-order valence-electron chi connectivity index (χ3n) is 1.95. The average molecular weight is 431 g/mol. The molecule has 7 heteroatoms. The summed E-state index contributed by atoms with van der Waals surface area (Å²) in [4.78, 5) is 23.1. The van der Waals surface area contributed by atoms with Crippen LogP contribution in [0.1, 0.15) is 20.7 Å². The summed E-state index contributed by atoms with van der Waals surface area (Å²) in [5.41, 5.74) is 0.463. The molecule has 0 aromatic heterocycles. The molecule has 0 heterocycles. The number of hydrogen-bond acceptors (Lipinski definition) is 4. The highest BCUT2D eigenvalue weighted by molar-refractivity contribution is 9.13. The number of hydrogen-bond donors (Lipinski definition) is 0. The molecule has 17 heavy (non-hydrogen) atoms. The van der Waals surface area contributed by atoms with Crippen LogP contribution in [-0.4, -0.2) is 26.2 Å². The molecule has 0 radical (unpaired) electrons. The van der Waals surface area contributed by atoms with Crippen LogP contribution in [0, 0.1) is 0 Å². The van der Waals surface area contributed by atoms with Crippen LogP contribution >= 0.6 is 47.8 Å². The van der Waals surface area contributed by atoms with Gasteiger partial charge in [0.15, 0.2) is 0 Å². The highest BCUT2D eigenvalue weighted by Crippen LogP contribution is 2.36. The van der Waals surface area contributed by atoms with Crippen molar-refractivity contribution in [2.45, 2.75) is 0 Å². The Morgan fingerprint density at radius 2 is 1.53 bits per heavy atom. The van der Waals surface area contributed by atoms with Gasteiger partial charge in [-0.2, -0.15) is 0 Å². The first kappa shape index (κ1) is 14.7. The van der Waals surface area contributed by atoms with Gasteiger partial charge in [-0.15, -0.1) is 0 Å². The van der Waals surface area contributed by atoms with Crippen molar-refractivity contribution < 1.29 is 19.1 Å². The zero-order valence-electron chi connectivity index (χ0n) is 8.84. The van der Waals surface area contributed by atoms with E-state index in [0.29, 0.717) is 13.4 Å². The van der Waals surface area contributed by atoms with Crippen LogP contribution in [0.25, 0.3) is 0 Å². The smallest absolute Gasteiger partial charge is 0.340 e. The van der Waals surface area contributed by atoms with E-state index in [1.165, 1.54) is 14.2 Å². The van der Waals surface area contributed by atoms with E-state index in [1.54, 1.807) is 6.07 Å². The Morgan fingerprint density at radius 3 is 2.00 bits per heavy atom. The van der Waals surface area contributed by atoms with Gasteiger partial charge in [0.25, 0.3) is 0 Å². The maximum Gasteiger partial charge on any atom is 0.340 e. The maximum atomic E-state index is 11.6. The normalized spacial score (nSPS) is 9.94. The number of rotatable bonds is 2. The molecule has 0 atom stereocenters. The van der Waals surface area contributed by atoms with E-state index in [1.807, 2.05) is 0 Å². The van der Waals surface area contributed by atoms with Gasteiger partial charge in [0.2, 0.25) is 0 Å². The molecule has 0 saturated heterocycles. The van der Waals surface area contributed by atoms with Crippen LogP contribution in [0.15, 0.2) is 19.5 Å². The van der Waals surface area contributed by atoms with Crippen molar-refractivity contribution in [3.05, 3.63) is 30.6 Å². The molecule has 0 N–H and O–H groups in total. The van der Waals surface area contributed by atoms with Crippen LogP contribution in [-0.2, 0) is 9.47 Å². The van der Waals surface area contributed by atoms with Crippen molar-refractivity contribution in [3.8, 4) is 0 Å². The molecule has 0 spiro atoms. The van der Waals surface area contributed by atoms with E-state index in [0.717, 1.165) is 0 Å². The predicted molar refractivity (Wildman–Crippen MR) is 72.2 cm³/mol. The Bertz CT molecular complexity index is 485. The van der Waals surface area contributed by atoms with E-state index in [9.17, 15) is 9.59 Å². The molecule has 0 unspecified atom stereocenters.